The molecule has 5 heteroatoms. The summed E-state index contributed by atoms with van der Waals surface area (Å²) >= 11 is 4.86. The minimum absolute atomic E-state index is 0.148. The Labute approximate surface area is 131 Å². The van der Waals surface area contributed by atoms with E-state index in [1.165, 1.54) is 43.4 Å². The van der Waals surface area contributed by atoms with E-state index in [-0.39, 0.29) is 5.78 Å². The molecular weight excluding hydrogens is 336 g/mol. The zero-order chi connectivity index (χ0) is 13.9. The standard InChI is InChI=1S/C15H17BrN2OS/c16-11-8-15(20-10-11)14(19)9-12-6-7-18(17-12)13-4-2-1-3-5-13/h6-8,10,13H,1-5,9H2. The maximum absolute atomic E-state index is 12.2. The predicted molar refractivity (Wildman–Crippen MR) is 84.4 cm³/mol. The summed E-state index contributed by atoms with van der Waals surface area (Å²) in [6.07, 6.45) is 8.79. The Hall–Kier alpha value is -0.940. The monoisotopic (exact) mass is 352 g/mol. The van der Waals surface area contributed by atoms with E-state index in [9.17, 15) is 4.79 Å². The fourth-order valence-electron chi connectivity index (χ4n) is 2.73. The summed E-state index contributed by atoms with van der Waals surface area (Å²) in [5, 5.41) is 6.53. The molecule has 1 aliphatic rings. The average molecular weight is 353 g/mol. The van der Waals surface area contributed by atoms with E-state index in [1.54, 1.807) is 0 Å². The molecule has 1 aliphatic carbocycles. The van der Waals surface area contributed by atoms with E-state index < -0.39 is 0 Å². The van der Waals surface area contributed by atoms with Crippen LogP contribution in [0.3, 0.4) is 0 Å². The van der Waals surface area contributed by atoms with Gasteiger partial charge in [0, 0.05) is 16.0 Å². The van der Waals surface area contributed by atoms with Crippen LogP contribution in [0.4, 0.5) is 0 Å². The van der Waals surface area contributed by atoms with Gasteiger partial charge in [-0.2, -0.15) is 5.10 Å². The lowest BCUT2D eigenvalue weighted by Crippen LogP contribution is -2.14. The summed E-state index contributed by atoms with van der Waals surface area (Å²) in [6.45, 7) is 0. The summed E-state index contributed by atoms with van der Waals surface area (Å²) in [4.78, 5) is 12.9. The van der Waals surface area contributed by atoms with Crippen molar-refractivity contribution >= 4 is 33.0 Å². The van der Waals surface area contributed by atoms with Crippen molar-refractivity contribution in [3.63, 3.8) is 0 Å². The third kappa shape index (κ3) is 3.20. The largest absolute Gasteiger partial charge is 0.293 e. The average Bonchev–Trinajstić information content (AvgIpc) is 3.09. The van der Waals surface area contributed by atoms with Crippen LogP contribution in [0.15, 0.2) is 28.2 Å². The summed E-state index contributed by atoms with van der Waals surface area (Å²) < 4.78 is 3.03. The highest BCUT2D eigenvalue weighted by Gasteiger charge is 2.17. The van der Waals surface area contributed by atoms with Crippen LogP contribution in [0.25, 0.3) is 0 Å². The smallest absolute Gasteiger partial charge is 0.178 e. The highest BCUT2D eigenvalue weighted by atomic mass is 79.9. The van der Waals surface area contributed by atoms with E-state index in [0.29, 0.717) is 12.5 Å². The second-order valence-electron chi connectivity index (χ2n) is 5.31. The zero-order valence-electron chi connectivity index (χ0n) is 11.2. The Bertz CT molecular complexity index is 599. The van der Waals surface area contributed by atoms with E-state index in [4.69, 9.17) is 0 Å². The van der Waals surface area contributed by atoms with Crippen LogP contribution in [0.5, 0.6) is 0 Å². The van der Waals surface area contributed by atoms with E-state index in [2.05, 4.69) is 25.7 Å². The molecule has 0 radical (unpaired) electrons. The predicted octanol–water partition coefficient (Wildman–Crippen LogP) is 4.64. The molecule has 0 N–H and O–H groups in total. The number of rotatable bonds is 4. The van der Waals surface area contributed by atoms with Crippen molar-refractivity contribution in [3.8, 4) is 0 Å². The maximum atomic E-state index is 12.2. The van der Waals surface area contributed by atoms with Crippen LogP contribution in [0.1, 0.15) is 53.5 Å². The van der Waals surface area contributed by atoms with Gasteiger partial charge in [-0.3, -0.25) is 9.48 Å². The number of nitrogens with zero attached hydrogens (tertiary/aromatic N) is 2. The first-order valence-corrected chi connectivity index (χ1v) is 8.71. The molecule has 0 saturated heterocycles. The first kappa shape index (κ1) is 14.0. The van der Waals surface area contributed by atoms with Crippen LogP contribution >= 0.6 is 27.3 Å². The molecule has 0 bridgehead atoms. The Kier molecular flexibility index (Phi) is 4.36. The van der Waals surface area contributed by atoms with Crippen LogP contribution in [0, 0.1) is 0 Å². The topological polar surface area (TPSA) is 34.9 Å². The first-order valence-electron chi connectivity index (χ1n) is 7.03. The number of aromatic nitrogens is 2. The molecule has 2 aromatic rings. The van der Waals surface area contributed by atoms with Crippen molar-refractivity contribution in [1.29, 1.82) is 0 Å². The van der Waals surface area contributed by atoms with Crippen molar-refractivity contribution < 1.29 is 4.79 Å². The lowest BCUT2D eigenvalue weighted by molar-refractivity contribution is 0.0995. The minimum atomic E-state index is 0.148. The molecule has 3 rings (SSSR count). The number of hydrogen-bond donors (Lipinski definition) is 0. The van der Waals surface area contributed by atoms with Crippen LogP contribution in [0.2, 0.25) is 0 Å². The number of thiophene rings is 1. The van der Waals surface area contributed by atoms with Gasteiger partial charge < -0.3 is 0 Å². The lowest BCUT2D eigenvalue weighted by Gasteiger charge is -2.21. The molecule has 2 aromatic heterocycles. The summed E-state index contributed by atoms with van der Waals surface area (Å²) in [5.74, 6) is 0.148. The highest BCUT2D eigenvalue weighted by molar-refractivity contribution is 9.10. The van der Waals surface area contributed by atoms with E-state index in [1.807, 2.05) is 23.7 Å². The van der Waals surface area contributed by atoms with Gasteiger partial charge in [0.1, 0.15) is 0 Å². The molecule has 106 valence electrons. The Balaban J connectivity index is 1.66. The summed E-state index contributed by atoms with van der Waals surface area (Å²) in [5.41, 5.74) is 0.880. The Morgan fingerprint density at radius 1 is 1.40 bits per heavy atom. The molecule has 0 unspecified atom stereocenters. The van der Waals surface area contributed by atoms with E-state index in [0.717, 1.165) is 15.0 Å². The van der Waals surface area contributed by atoms with Gasteiger partial charge in [-0.1, -0.05) is 19.3 Å². The second kappa shape index (κ2) is 6.22. The maximum Gasteiger partial charge on any atom is 0.178 e. The van der Waals surface area contributed by atoms with Crippen LogP contribution in [-0.2, 0) is 6.42 Å². The zero-order valence-corrected chi connectivity index (χ0v) is 13.6. The third-order valence-corrected chi connectivity index (χ3v) is 5.53. The van der Waals surface area contributed by atoms with Crippen LogP contribution < -0.4 is 0 Å². The van der Waals surface area contributed by atoms with Crippen molar-refractivity contribution in [2.45, 2.75) is 44.6 Å². The van der Waals surface area contributed by atoms with Gasteiger partial charge in [0.2, 0.25) is 0 Å². The van der Waals surface area contributed by atoms with Crippen molar-refractivity contribution in [2.75, 3.05) is 0 Å². The van der Waals surface area contributed by atoms with Gasteiger partial charge in [-0.25, -0.2) is 0 Å². The number of carbonyl (C=O) groups excluding carboxylic acids is 1. The van der Waals surface area contributed by atoms with Crippen molar-refractivity contribution in [2.24, 2.45) is 0 Å². The fourth-order valence-corrected chi connectivity index (χ4v) is 4.10. The number of ketones is 1. The highest BCUT2D eigenvalue weighted by Crippen LogP contribution is 2.27. The molecule has 1 fully saturated rings. The van der Waals surface area contributed by atoms with Gasteiger partial charge in [0.15, 0.2) is 5.78 Å². The molecule has 20 heavy (non-hydrogen) atoms. The van der Waals surface area contributed by atoms with Crippen molar-refractivity contribution in [1.82, 2.24) is 9.78 Å². The summed E-state index contributed by atoms with van der Waals surface area (Å²) in [6, 6.07) is 4.39. The van der Waals surface area contributed by atoms with Gasteiger partial charge in [0.05, 0.1) is 23.0 Å². The van der Waals surface area contributed by atoms with Crippen LogP contribution in [-0.4, -0.2) is 15.6 Å². The molecule has 0 aliphatic heterocycles. The molecule has 0 aromatic carbocycles. The van der Waals surface area contributed by atoms with Gasteiger partial charge in [-0.15, -0.1) is 11.3 Å². The molecule has 1 saturated carbocycles. The third-order valence-electron chi connectivity index (χ3n) is 3.80. The quantitative estimate of drug-likeness (QED) is 0.751. The number of carbonyl (C=O) groups is 1. The van der Waals surface area contributed by atoms with Crippen molar-refractivity contribution in [3.05, 3.63) is 38.8 Å². The van der Waals surface area contributed by atoms with Gasteiger partial charge in [-0.05, 0) is 40.9 Å². The molecular formula is C15H17BrN2OS. The molecule has 0 amide bonds. The molecule has 0 spiro atoms. The molecule has 3 nitrogen and oxygen atoms in total. The molecule has 0 atom stereocenters. The fraction of sp³-hybridized carbons (Fsp3) is 0.467. The normalized spacial score (nSPS) is 16.4. The van der Waals surface area contributed by atoms with Gasteiger partial charge in [0.25, 0.3) is 0 Å². The number of Topliss-reactive ketones (excluding diaryl/α,β-unsaturated/α-hetero) is 1. The Morgan fingerprint density at radius 2 is 2.20 bits per heavy atom. The Morgan fingerprint density at radius 3 is 2.90 bits per heavy atom. The number of hydrogen-bond acceptors (Lipinski definition) is 3. The SMILES string of the molecule is O=C(Cc1ccn(C2CCCCC2)n1)c1cc(Br)cs1. The summed E-state index contributed by atoms with van der Waals surface area (Å²) in [7, 11) is 0. The lowest BCUT2D eigenvalue weighted by atomic mass is 9.96. The van der Waals surface area contributed by atoms with E-state index >= 15 is 0 Å². The number of halogens is 1. The first-order chi connectivity index (χ1) is 9.72. The molecule has 2 heterocycles. The van der Waals surface area contributed by atoms with Gasteiger partial charge >= 0.3 is 0 Å². The second-order valence-corrected chi connectivity index (χ2v) is 7.13. The minimum Gasteiger partial charge on any atom is -0.293 e.